The summed E-state index contributed by atoms with van der Waals surface area (Å²) in [5, 5.41) is 1.99. The van der Waals surface area contributed by atoms with E-state index in [-0.39, 0.29) is 5.91 Å². The minimum absolute atomic E-state index is 0.0736. The molecule has 0 bridgehead atoms. The average molecular weight is 352 g/mol. The number of thiazole rings is 1. The fourth-order valence-corrected chi connectivity index (χ4v) is 3.80. The van der Waals surface area contributed by atoms with Crippen LogP contribution in [0.25, 0.3) is 11.0 Å². The molecule has 0 atom stereocenters. The molecule has 128 valence electrons. The van der Waals surface area contributed by atoms with E-state index < -0.39 is 0 Å². The summed E-state index contributed by atoms with van der Waals surface area (Å²) in [6.45, 7) is 4.32. The van der Waals surface area contributed by atoms with E-state index in [1.54, 1.807) is 23.6 Å². The van der Waals surface area contributed by atoms with Crippen LogP contribution >= 0.6 is 11.3 Å². The molecular formula is C19H20N4OS. The van der Waals surface area contributed by atoms with Crippen LogP contribution in [0.1, 0.15) is 11.3 Å². The van der Waals surface area contributed by atoms with Crippen molar-refractivity contribution >= 4 is 28.3 Å². The Hall–Kier alpha value is -2.44. The molecule has 3 heterocycles. The van der Waals surface area contributed by atoms with Gasteiger partial charge in [-0.2, -0.15) is 0 Å². The molecular weight excluding hydrogens is 332 g/mol. The van der Waals surface area contributed by atoms with Crippen molar-refractivity contribution in [2.75, 3.05) is 26.2 Å². The van der Waals surface area contributed by atoms with E-state index in [1.165, 1.54) is 5.56 Å². The van der Waals surface area contributed by atoms with Crippen LogP contribution in [0.5, 0.6) is 0 Å². The number of benzene rings is 1. The summed E-state index contributed by atoms with van der Waals surface area (Å²) >= 11 is 1.59. The molecule has 0 radical (unpaired) electrons. The smallest absolute Gasteiger partial charge is 0.246 e. The maximum absolute atomic E-state index is 12.4. The highest BCUT2D eigenvalue weighted by atomic mass is 32.1. The van der Waals surface area contributed by atoms with E-state index in [1.807, 2.05) is 33.0 Å². The third-order valence-corrected chi connectivity index (χ3v) is 5.28. The number of hydrogen-bond donors (Lipinski definition) is 0. The number of carbonyl (C=O) groups is 1. The lowest BCUT2D eigenvalue weighted by molar-refractivity contribution is -0.127. The Labute approximate surface area is 150 Å². The molecule has 5 nitrogen and oxygen atoms in total. The van der Waals surface area contributed by atoms with Crippen molar-refractivity contribution in [3.05, 3.63) is 65.4 Å². The average Bonchev–Trinajstić information content (AvgIpc) is 3.25. The molecule has 0 spiro atoms. The van der Waals surface area contributed by atoms with Crippen LogP contribution < -0.4 is 0 Å². The monoisotopic (exact) mass is 352 g/mol. The molecule has 1 fully saturated rings. The Morgan fingerprint density at radius 3 is 2.76 bits per heavy atom. The molecule has 0 unspecified atom stereocenters. The molecule has 6 heteroatoms. The van der Waals surface area contributed by atoms with Gasteiger partial charge in [-0.3, -0.25) is 14.1 Å². The van der Waals surface area contributed by atoms with Crippen LogP contribution in [0, 0.1) is 0 Å². The molecule has 0 N–H and O–H groups in total. The van der Waals surface area contributed by atoms with Crippen molar-refractivity contribution in [1.29, 1.82) is 0 Å². The molecule has 4 rings (SSSR count). The zero-order valence-corrected chi connectivity index (χ0v) is 14.7. The van der Waals surface area contributed by atoms with Gasteiger partial charge in [-0.05, 0) is 11.6 Å². The second-order valence-electron chi connectivity index (χ2n) is 6.16. The molecule has 1 aliphatic rings. The first-order valence-electron chi connectivity index (χ1n) is 8.43. The van der Waals surface area contributed by atoms with E-state index in [0.29, 0.717) is 0 Å². The van der Waals surface area contributed by atoms with Crippen molar-refractivity contribution in [2.24, 2.45) is 0 Å². The molecule has 1 aliphatic heterocycles. The Balaban J connectivity index is 1.32. The summed E-state index contributed by atoms with van der Waals surface area (Å²) in [4.78, 5) is 22.0. The van der Waals surface area contributed by atoms with Crippen LogP contribution in [-0.4, -0.2) is 51.3 Å². The Kier molecular flexibility index (Phi) is 4.63. The Morgan fingerprint density at radius 2 is 1.96 bits per heavy atom. The van der Waals surface area contributed by atoms with Crippen molar-refractivity contribution in [3.63, 3.8) is 0 Å². The van der Waals surface area contributed by atoms with Gasteiger partial charge in [-0.1, -0.05) is 30.3 Å². The van der Waals surface area contributed by atoms with Gasteiger partial charge in [0, 0.05) is 50.4 Å². The van der Waals surface area contributed by atoms with Gasteiger partial charge in [0.2, 0.25) is 5.91 Å². The maximum Gasteiger partial charge on any atom is 0.246 e. The fraction of sp³-hybridized carbons (Fsp3) is 0.263. The zero-order chi connectivity index (χ0) is 17.1. The summed E-state index contributed by atoms with van der Waals surface area (Å²) in [6.07, 6.45) is 7.28. The van der Waals surface area contributed by atoms with Crippen LogP contribution in [0.2, 0.25) is 0 Å². The standard InChI is InChI=1S/C19H20N4OS/c24-18(7-6-17-14-20-19-23(17)12-13-25-19)22-10-8-21(9-11-22)15-16-4-2-1-3-5-16/h1-7,12-14H,8-11,15H2/b7-6+. The van der Waals surface area contributed by atoms with Gasteiger partial charge >= 0.3 is 0 Å². The first kappa shape index (κ1) is 16.1. The molecule has 0 saturated carbocycles. The van der Waals surface area contributed by atoms with E-state index in [2.05, 4.69) is 34.1 Å². The number of amides is 1. The summed E-state index contributed by atoms with van der Waals surface area (Å²) in [5.41, 5.74) is 2.26. The highest BCUT2D eigenvalue weighted by Crippen LogP contribution is 2.14. The molecule has 1 amide bonds. The predicted molar refractivity (Wildman–Crippen MR) is 100 cm³/mol. The lowest BCUT2D eigenvalue weighted by Crippen LogP contribution is -2.47. The molecule has 3 aromatic rings. The van der Waals surface area contributed by atoms with Gasteiger partial charge in [0.1, 0.15) is 0 Å². The van der Waals surface area contributed by atoms with Gasteiger partial charge in [0.25, 0.3) is 0 Å². The lowest BCUT2D eigenvalue weighted by atomic mass is 10.2. The maximum atomic E-state index is 12.4. The zero-order valence-electron chi connectivity index (χ0n) is 13.9. The fourth-order valence-electron chi connectivity index (χ4n) is 3.10. The summed E-state index contributed by atoms with van der Waals surface area (Å²) < 4.78 is 1.99. The quantitative estimate of drug-likeness (QED) is 0.678. The van der Waals surface area contributed by atoms with Gasteiger partial charge in [0.05, 0.1) is 11.9 Å². The van der Waals surface area contributed by atoms with Crippen molar-refractivity contribution in [2.45, 2.75) is 6.54 Å². The molecule has 1 saturated heterocycles. The second kappa shape index (κ2) is 7.21. The molecule has 1 aromatic carbocycles. The Morgan fingerprint density at radius 1 is 1.16 bits per heavy atom. The number of rotatable bonds is 4. The lowest BCUT2D eigenvalue weighted by Gasteiger charge is -2.34. The Bertz CT molecular complexity index is 875. The third kappa shape index (κ3) is 3.65. The van der Waals surface area contributed by atoms with E-state index in [4.69, 9.17) is 0 Å². The molecule has 0 aliphatic carbocycles. The number of aromatic nitrogens is 2. The topological polar surface area (TPSA) is 40.9 Å². The second-order valence-corrected chi connectivity index (χ2v) is 7.03. The van der Waals surface area contributed by atoms with Crippen LogP contribution in [0.3, 0.4) is 0 Å². The largest absolute Gasteiger partial charge is 0.337 e. The SMILES string of the molecule is O=C(/C=C/c1cnc2sccn12)N1CCN(Cc2ccccc2)CC1. The van der Waals surface area contributed by atoms with Crippen LogP contribution in [-0.2, 0) is 11.3 Å². The van der Waals surface area contributed by atoms with Gasteiger partial charge in [-0.15, -0.1) is 11.3 Å². The normalized spacial score (nSPS) is 16.1. The number of hydrogen-bond acceptors (Lipinski definition) is 4. The van der Waals surface area contributed by atoms with Crippen LogP contribution in [0.4, 0.5) is 0 Å². The van der Waals surface area contributed by atoms with E-state index in [0.717, 1.165) is 43.4 Å². The third-order valence-electron chi connectivity index (χ3n) is 4.50. The number of nitrogens with zero attached hydrogens (tertiary/aromatic N) is 4. The summed E-state index contributed by atoms with van der Waals surface area (Å²) in [6, 6.07) is 10.5. The van der Waals surface area contributed by atoms with Crippen molar-refractivity contribution < 1.29 is 4.79 Å². The predicted octanol–water partition coefficient (Wildman–Crippen LogP) is 2.75. The van der Waals surface area contributed by atoms with E-state index >= 15 is 0 Å². The highest BCUT2D eigenvalue weighted by molar-refractivity contribution is 7.15. The van der Waals surface area contributed by atoms with Gasteiger partial charge < -0.3 is 4.90 Å². The first-order valence-corrected chi connectivity index (χ1v) is 9.31. The first-order chi connectivity index (χ1) is 12.3. The minimum atomic E-state index is 0.0736. The summed E-state index contributed by atoms with van der Waals surface area (Å²) in [7, 11) is 0. The molecule has 2 aromatic heterocycles. The number of carbonyl (C=O) groups excluding carboxylic acids is 1. The minimum Gasteiger partial charge on any atom is -0.337 e. The van der Waals surface area contributed by atoms with Gasteiger partial charge in [0.15, 0.2) is 4.96 Å². The van der Waals surface area contributed by atoms with Crippen molar-refractivity contribution in [1.82, 2.24) is 19.2 Å². The van der Waals surface area contributed by atoms with E-state index in [9.17, 15) is 4.79 Å². The number of imidazole rings is 1. The van der Waals surface area contributed by atoms with Crippen molar-refractivity contribution in [3.8, 4) is 0 Å². The van der Waals surface area contributed by atoms with Crippen LogP contribution in [0.15, 0.2) is 54.2 Å². The number of fused-ring (bicyclic) bond motifs is 1. The number of piperazine rings is 1. The molecule has 25 heavy (non-hydrogen) atoms. The summed E-state index contributed by atoms with van der Waals surface area (Å²) in [5.74, 6) is 0.0736. The highest BCUT2D eigenvalue weighted by Gasteiger charge is 2.19. The van der Waals surface area contributed by atoms with Gasteiger partial charge in [-0.25, -0.2) is 4.98 Å².